The van der Waals surface area contributed by atoms with Gasteiger partial charge in [-0.05, 0) is 124 Å². The summed E-state index contributed by atoms with van der Waals surface area (Å²) in [5.41, 5.74) is 19.3. The van der Waals surface area contributed by atoms with E-state index in [9.17, 15) is 5.26 Å². The SMILES string of the molecule is N#Cc1cc(-c2ccc(-c3ccc4c(c3)-c3cccc5cccc-4c35)cc2)ccc1-c1ccc(-c2ccc(-c3nc(-c4ccccc4)nc(-c4cccc(-c5ccc6ccccc6c5)c4)n3)cc2)cc1. The Balaban J connectivity index is 0.746. The molecule has 13 rings (SSSR count). The molecule has 324 valence electrons. The van der Waals surface area contributed by atoms with E-state index in [1.807, 2.05) is 36.4 Å². The van der Waals surface area contributed by atoms with Crippen LogP contribution in [0, 0.1) is 11.3 Å². The van der Waals surface area contributed by atoms with Gasteiger partial charge in [-0.25, -0.2) is 15.0 Å². The first-order valence-electron chi connectivity index (χ1n) is 23.5. The molecule has 0 atom stereocenters. The van der Waals surface area contributed by atoms with Crippen LogP contribution in [0.4, 0.5) is 0 Å². The van der Waals surface area contributed by atoms with Crippen molar-refractivity contribution < 1.29 is 0 Å². The van der Waals surface area contributed by atoms with Crippen molar-refractivity contribution in [3.05, 3.63) is 248 Å². The second-order valence-electron chi connectivity index (χ2n) is 17.9. The van der Waals surface area contributed by atoms with Gasteiger partial charge in [0.05, 0.1) is 11.6 Å². The van der Waals surface area contributed by atoms with E-state index < -0.39 is 0 Å². The summed E-state index contributed by atoms with van der Waals surface area (Å²) in [5, 5.41) is 15.4. The molecule has 0 unspecified atom stereocenters. The van der Waals surface area contributed by atoms with Gasteiger partial charge in [0.15, 0.2) is 17.5 Å². The largest absolute Gasteiger partial charge is 0.208 e. The molecule has 1 heterocycles. The molecule has 0 saturated heterocycles. The summed E-state index contributed by atoms with van der Waals surface area (Å²) >= 11 is 0. The highest BCUT2D eigenvalue weighted by Crippen LogP contribution is 2.48. The Morgan fingerprint density at radius 1 is 0.243 bits per heavy atom. The van der Waals surface area contributed by atoms with Crippen molar-refractivity contribution in [3.63, 3.8) is 0 Å². The minimum atomic E-state index is 0.606. The number of nitrogens with zero attached hydrogens (tertiary/aromatic N) is 4. The van der Waals surface area contributed by atoms with Gasteiger partial charge in [0.25, 0.3) is 0 Å². The van der Waals surface area contributed by atoms with E-state index in [1.165, 1.54) is 49.4 Å². The molecule has 0 fully saturated rings. The molecule has 11 aromatic carbocycles. The minimum absolute atomic E-state index is 0.606. The number of nitriles is 1. The van der Waals surface area contributed by atoms with Crippen molar-refractivity contribution in [2.24, 2.45) is 0 Å². The van der Waals surface area contributed by atoms with Gasteiger partial charge in [-0.15, -0.1) is 0 Å². The second kappa shape index (κ2) is 16.9. The van der Waals surface area contributed by atoms with Crippen LogP contribution >= 0.6 is 0 Å². The van der Waals surface area contributed by atoms with Crippen molar-refractivity contribution in [3.8, 4) is 118 Å². The zero-order valence-electron chi connectivity index (χ0n) is 37.9. The molecule has 4 nitrogen and oxygen atoms in total. The minimum Gasteiger partial charge on any atom is -0.208 e. The molecule has 0 saturated carbocycles. The lowest BCUT2D eigenvalue weighted by molar-refractivity contribution is 1.07. The quantitative estimate of drug-likeness (QED) is 0.152. The number of benzene rings is 11. The molecule has 70 heavy (non-hydrogen) atoms. The molecule has 1 aromatic heterocycles. The highest BCUT2D eigenvalue weighted by molar-refractivity contribution is 6.15. The van der Waals surface area contributed by atoms with Crippen LogP contribution in [0.3, 0.4) is 0 Å². The van der Waals surface area contributed by atoms with Gasteiger partial charge in [0.1, 0.15) is 0 Å². The lowest BCUT2D eigenvalue weighted by Gasteiger charge is -2.11. The second-order valence-corrected chi connectivity index (χ2v) is 17.9. The Morgan fingerprint density at radius 2 is 0.671 bits per heavy atom. The van der Waals surface area contributed by atoms with Crippen molar-refractivity contribution in [1.82, 2.24) is 15.0 Å². The molecule has 1 aliphatic carbocycles. The standard InChI is InChI=1S/C66H40N4/c67-41-57-39-53(45-19-21-46(22-20-45)55-34-36-59-60-17-7-13-48-14-8-18-61(63(48)60)62(59)40-55)33-35-58(57)47-28-23-43(24-29-47)44-25-30-50(31-26-44)65-68-64(49-10-2-1-3-11-49)69-66(70-65)56-16-6-15-52(38-56)54-32-27-42-9-4-5-12-51(42)37-54/h1-40H. The van der Waals surface area contributed by atoms with Gasteiger partial charge in [-0.3, -0.25) is 0 Å². The van der Waals surface area contributed by atoms with Crippen LogP contribution in [0.2, 0.25) is 0 Å². The first-order valence-corrected chi connectivity index (χ1v) is 23.5. The van der Waals surface area contributed by atoms with E-state index >= 15 is 0 Å². The first-order chi connectivity index (χ1) is 34.6. The van der Waals surface area contributed by atoms with Crippen LogP contribution in [-0.2, 0) is 0 Å². The van der Waals surface area contributed by atoms with E-state index in [2.05, 4.69) is 212 Å². The summed E-state index contributed by atoms with van der Waals surface area (Å²) in [4.78, 5) is 15.1. The zero-order chi connectivity index (χ0) is 46.5. The van der Waals surface area contributed by atoms with Crippen LogP contribution in [0.5, 0.6) is 0 Å². The highest BCUT2D eigenvalue weighted by atomic mass is 15.0. The third-order valence-electron chi connectivity index (χ3n) is 13.7. The van der Waals surface area contributed by atoms with Crippen molar-refractivity contribution >= 4 is 21.5 Å². The monoisotopic (exact) mass is 888 g/mol. The van der Waals surface area contributed by atoms with Crippen LogP contribution in [0.1, 0.15) is 5.56 Å². The van der Waals surface area contributed by atoms with Crippen LogP contribution < -0.4 is 0 Å². The third kappa shape index (κ3) is 7.31. The average molecular weight is 889 g/mol. The molecule has 12 aromatic rings. The molecule has 0 N–H and O–H groups in total. The maximum Gasteiger partial charge on any atom is 0.164 e. The topological polar surface area (TPSA) is 62.5 Å². The Hall–Kier alpha value is -9.56. The first kappa shape index (κ1) is 40.7. The van der Waals surface area contributed by atoms with Gasteiger partial charge < -0.3 is 0 Å². The van der Waals surface area contributed by atoms with Crippen molar-refractivity contribution in [1.29, 1.82) is 5.26 Å². The van der Waals surface area contributed by atoms with E-state index in [0.717, 1.165) is 66.8 Å². The summed E-state index contributed by atoms with van der Waals surface area (Å²) in [6, 6.07) is 87.6. The van der Waals surface area contributed by atoms with E-state index in [0.29, 0.717) is 23.0 Å². The number of fused-ring (bicyclic) bond motifs is 4. The van der Waals surface area contributed by atoms with E-state index in [4.69, 9.17) is 15.0 Å². The maximum absolute atomic E-state index is 10.4. The fourth-order valence-corrected chi connectivity index (χ4v) is 10.1. The predicted molar refractivity (Wildman–Crippen MR) is 287 cm³/mol. The number of hydrogen-bond donors (Lipinski definition) is 0. The molecule has 0 aliphatic heterocycles. The average Bonchev–Trinajstić information content (AvgIpc) is 3.77. The lowest BCUT2D eigenvalue weighted by Crippen LogP contribution is -2.00. The lowest BCUT2D eigenvalue weighted by atomic mass is 9.93. The number of aromatic nitrogens is 3. The van der Waals surface area contributed by atoms with Crippen LogP contribution in [0.15, 0.2) is 243 Å². The number of hydrogen-bond acceptors (Lipinski definition) is 4. The summed E-state index contributed by atoms with van der Waals surface area (Å²) in [7, 11) is 0. The van der Waals surface area contributed by atoms with E-state index in [1.54, 1.807) is 0 Å². The normalized spacial score (nSPS) is 11.4. The molecule has 0 amide bonds. The van der Waals surface area contributed by atoms with Crippen LogP contribution in [0.25, 0.3) is 134 Å². The zero-order valence-corrected chi connectivity index (χ0v) is 37.9. The Labute approximate surface area is 406 Å². The Bertz CT molecular complexity index is 4030. The molecule has 0 bridgehead atoms. The summed E-state index contributed by atoms with van der Waals surface area (Å²) < 4.78 is 0. The van der Waals surface area contributed by atoms with Crippen molar-refractivity contribution in [2.45, 2.75) is 0 Å². The number of rotatable bonds is 8. The molecular formula is C66H40N4. The third-order valence-corrected chi connectivity index (χ3v) is 13.7. The molecular weight excluding hydrogens is 849 g/mol. The fraction of sp³-hybridized carbons (Fsp3) is 0. The fourth-order valence-electron chi connectivity index (χ4n) is 10.1. The maximum atomic E-state index is 10.4. The van der Waals surface area contributed by atoms with Gasteiger partial charge in [0.2, 0.25) is 0 Å². The summed E-state index contributed by atoms with van der Waals surface area (Å²) in [6.45, 7) is 0. The molecule has 0 radical (unpaired) electrons. The molecule has 1 aliphatic rings. The van der Waals surface area contributed by atoms with Gasteiger partial charge in [-0.2, -0.15) is 5.26 Å². The highest BCUT2D eigenvalue weighted by Gasteiger charge is 2.22. The Kier molecular flexibility index (Phi) is 9.85. The summed E-state index contributed by atoms with van der Waals surface area (Å²) in [5.74, 6) is 1.84. The predicted octanol–water partition coefficient (Wildman–Crippen LogP) is 17.0. The van der Waals surface area contributed by atoms with Crippen LogP contribution in [-0.4, -0.2) is 15.0 Å². The van der Waals surface area contributed by atoms with Crippen molar-refractivity contribution in [2.75, 3.05) is 0 Å². The smallest absolute Gasteiger partial charge is 0.164 e. The molecule has 0 spiro atoms. The summed E-state index contributed by atoms with van der Waals surface area (Å²) in [6.07, 6.45) is 0. The Morgan fingerprint density at radius 3 is 1.34 bits per heavy atom. The van der Waals surface area contributed by atoms with Gasteiger partial charge in [-0.1, -0.05) is 218 Å². The van der Waals surface area contributed by atoms with Gasteiger partial charge in [0, 0.05) is 16.7 Å². The van der Waals surface area contributed by atoms with E-state index in [-0.39, 0.29) is 0 Å². The molecule has 4 heteroatoms. The van der Waals surface area contributed by atoms with Gasteiger partial charge >= 0.3 is 0 Å².